The fourth-order valence-electron chi connectivity index (χ4n) is 2.79. The van der Waals surface area contributed by atoms with Gasteiger partial charge in [0.1, 0.15) is 0 Å². The Balaban J connectivity index is 1.69. The van der Waals surface area contributed by atoms with E-state index in [1.165, 1.54) is 0 Å². The highest BCUT2D eigenvalue weighted by Crippen LogP contribution is 2.27. The molecular formula is C15H17BrN2O3. The molecule has 0 N–H and O–H groups in total. The van der Waals surface area contributed by atoms with Gasteiger partial charge in [0.15, 0.2) is 0 Å². The van der Waals surface area contributed by atoms with Gasteiger partial charge in [-0.3, -0.25) is 9.59 Å². The minimum Gasteiger partial charge on any atom is -0.378 e. The predicted molar refractivity (Wildman–Crippen MR) is 82.0 cm³/mol. The highest BCUT2D eigenvalue weighted by molar-refractivity contribution is 9.10. The van der Waals surface area contributed by atoms with E-state index in [0.29, 0.717) is 39.3 Å². The molecule has 1 unspecified atom stereocenters. The van der Waals surface area contributed by atoms with Crippen molar-refractivity contribution < 1.29 is 14.3 Å². The number of ether oxygens (including phenoxy) is 1. The van der Waals surface area contributed by atoms with Crippen molar-refractivity contribution in [2.24, 2.45) is 5.92 Å². The van der Waals surface area contributed by atoms with Crippen LogP contribution in [0.1, 0.15) is 6.42 Å². The van der Waals surface area contributed by atoms with Crippen LogP contribution in [-0.2, 0) is 14.3 Å². The summed E-state index contributed by atoms with van der Waals surface area (Å²) in [6.07, 6.45) is 0.298. The van der Waals surface area contributed by atoms with Crippen LogP contribution >= 0.6 is 15.9 Å². The molecule has 112 valence electrons. The van der Waals surface area contributed by atoms with E-state index < -0.39 is 0 Å². The summed E-state index contributed by atoms with van der Waals surface area (Å²) in [5, 5.41) is 0. The summed E-state index contributed by atoms with van der Waals surface area (Å²) in [5.41, 5.74) is 0.848. The van der Waals surface area contributed by atoms with E-state index in [2.05, 4.69) is 15.9 Å². The maximum absolute atomic E-state index is 12.5. The lowest BCUT2D eigenvalue weighted by Crippen LogP contribution is -2.44. The van der Waals surface area contributed by atoms with E-state index >= 15 is 0 Å². The zero-order chi connectivity index (χ0) is 14.8. The van der Waals surface area contributed by atoms with Crippen LogP contribution in [0.15, 0.2) is 28.7 Å². The van der Waals surface area contributed by atoms with Crippen LogP contribution in [0.3, 0.4) is 0 Å². The van der Waals surface area contributed by atoms with Crippen LogP contribution in [0.25, 0.3) is 0 Å². The summed E-state index contributed by atoms with van der Waals surface area (Å²) in [5.74, 6) is -0.144. The number of anilines is 1. The summed E-state index contributed by atoms with van der Waals surface area (Å²) < 4.78 is 6.23. The van der Waals surface area contributed by atoms with Crippen molar-refractivity contribution in [3.05, 3.63) is 28.7 Å². The SMILES string of the molecule is O=C(C1CC(=O)N(c2ccc(Br)cc2)C1)N1CCOCC1. The number of hydrogen-bond acceptors (Lipinski definition) is 3. The van der Waals surface area contributed by atoms with Crippen LogP contribution in [0, 0.1) is 5.92 Å². The normalized spacial score (nSPS) is 22.7. The van der Waals surface area contributed by atoms with Crippen molar-refractivity contribution in [1.82, 2.24) is 4.90 Å². The molecule has 2 fully saturated rings. The molecule has 5 nitrogen and oxygen atoms in total. The zero-order valence-electron chi connectivity index (χ0n) is 11.6. The molecule has 0 aliphatic carbocycles. The van der Waals surface area contributed by atoms with Crippen molar-refractivity contribution >= 4 is 33.4 Å². The molecule has 1 aromatic carbocycles. The van der Waals surface area contributed by atoms with Gasteiger partial charge in [0, 0.05) is 36.2 Å². The highest BCUT2D eigenvalue weighted by atomic mass is 79.9. The Hall–Kier alpha value is -1.40. The quantitative estimate of drug-likeness (QED) is 0.813. The van der Waals surface area contributed by atoms with Crippen molar-refractivity contribution in [2.45, 2.75) is 6.42 Å². The van der Waals surface area contributed by atoms with Crippen molar-refractivity contribution in [3.63, 3.8) is 0 Å². The van der Waals surface area contributed by atoms with E-state index in [1.54, 1.807) is 4.90 Å². The smallest absolute Gasteiger partial charge is 0.228 e. The fourth-order valence-corrected chi connectivity index (χ4v) is 3.05. The molecule has 1 aromatic rings. The summed E-state index contributed by atoms with van der Waals surface area (Å²) in [6.45, 7) is 2.89. The van der Waals surface area contributed by atoms with Crippen LogP contribution in [0.4, 0.5) is 5.69 Å². The third-order valence-corrected chi connectivity index (χ3v) is 4.46. The second-order valence-electron chi connectivity index (χ2n) is 5.32. The molecule has 1 atom stereocenters. The standard InChI is InChI=1S/C15H17BrN2O3/c16-12-1-3-13(4-2-12)18-10-11(9-14(18)19)15(20)17-5-7-21-8-6-17/h1-4,11H,5-10H2. The average Bonchev–Trinajstić information content (AvgIpc) is 2.90. The average molecular weight is 353 g/mol. The molecule has 2 aliphatic rings. The molecule has 0 spiro atoms. The second-order valence-corrected chi connectivity index (χ2v) is 6.24. The molecule has 0 saturated carbocycles. The molecule has 3 rings (SSSR count). The topological polar surface area (TPSA) is 49.9 Å². The van der Waals surface area contributed by atoms with Crippen molar-refractivity contribution in [2.75, 3.05) is 37.7 Å². The third-order valence-electron chi connectivity index (χ3n) is 3.94. The molecule has 2 saturated heterocycles. The van der Waals surface area contributed by atoms with Crippen molar-refractivity contribution in [3.8, 4) is 0 Å². The van der Waals surface area contributed by atoms with E-state index in [-0.39, 0.29) is 17.7 Å². The number of morpholine rings is 1. The third kappa shape index (κ3) is 3.11. The van der Waals surface area contributed by atoms with E-state index in [1.807, 2.05) is 29.2 Å². The second kappa shape index (κ2) is 6.15. The molecule has 2 amide bonds. The van der Waals surface area contributed by atoms with E-state index in [9.17, 15) is 9.59 Å². The number of nitrogens with zero attached hydrogens (tertiary/aromatic N) is 2. The number of carbonyl (C=O) groups is 2. The number of carbonyl (C=O) groups excluding carboxylic acids is 2. The number of benzene rings is 1. The Bertz CT molecular complexity index is 540. The number of amides is 2. The van der Waals surface area contributed by atoms with Gasteiger partial charge in [0.2, 0.25) is 11.8 Å². The Morgan fingerprint density at radius 2 is 1.86 bits per heavy atom. The first-order valence-corrected chi connectivity index (χ1v) is 7.87. The molecule has 6 heteroatoms. The van der Waals surface area contributed by atoms with Gasteiger partial charge >= 0.3 is 0 Å². The molecule has 0 radical (unpaired) electrons. The van der Waals surface area contributed by atoms with E-state index in [4.69, 9.17) is 4.74 Å². The summed E-state index contributed by atoms with van der Waals surface area (Å²) in [7, 11) is 0. The molecule has 21 heavy (non-hydrogen) atoms. The van der Waals surface area contributed by atoms with Gasteiger partial charge in [0.05, 0.1) is 19.1 Å². The molecule has 2 heterocycles. The van der Waals surface area contributed by atoms with Gasteiger partial charge in [-0.15, -0.1) is 0 Å². The minimum atomic E-state index is -0.237. The van der Waals surface area contributed by atoms with Crippen LogP contribution in [0.5, 0.6) is 0 Å². The zero-order valence-corrected chi connectivity index (χ0v) is 13.2. The van der Waals surface area contributed by atoms with Gasteiger partial charge in [-0.1, -0.05) is 15.9 Å². The summed E-state index contributed by atoms with van der Waals surface area (Å²) >= 11 is 3.38. The molecular weight excluding hydrogens is 336 g/mol. The monoisotopic (exact) mass is 352 g/mol. The predicted octanol–water partition coefficient (Wildman–Crippen LogP) is 1.66. The lowest BCUT2D eigenvalue weighted by atomic mass is 10.1. The lowest BCUT2D eigenvalue weighted by molar-refractivity contribution is -0.139. The van der Waals surface area contributed by atoms with Crippen LogP contribution in [0.2, 0.25) is 0 Å². The number of rotatable bonds is 2. The minimum absolute atomic E-state index is 0.0175. The Morgan fingerprint density at radius 1 is 1.19 bits per heavy atom. The lowest BCUT2D eigenvalue weighted by Gasteiger charge is -2.29. The Kier molecular flexibility index (Phi) is 4.26. The van der Waals surface area contributed by atoms with Gasteiger partial charge in [-0.25, -0.2) is 0 Å². The van der Waals surface area contributed by atoms with Crippen LogP contribution < -0.4 is 4.90 Å². The molecule has 0 bridgehead atoms. The first kappa shape index (κ1) is 14.5. The molecule has 0 aromatic heterocycles. The summed E-state index contributed by atoms with van der Waals surface area (Å²) in [4.78, 5) is 28.2. The Morgan fingerprint density at radius 3 is 2.52 bits per heavy atom. The molecule has 2 aliphatic heterocycles. The summed E-state index contributed by atoms with van der Waals surface area (Å²) in [6, 6.07) is 7.59. The van der Waals surface area contributed by atoms with Gasteiger partial charge in [-0.2, -0.15) is 0 Å². The van der Waals surface area contributed by atoms with Crippen LogP contribution in [-0.4, -0.2) is 49.6 Å². The highest BCUT2D eigenvalue weighted by Gasteiger charge is 2.37. The Labute approximate surface area is 132 Å². The first-order valence-electron chi connectivity index (χ1n) is 7.07. The van der Waals surface area contributed by atoms with Gasteiger partial charge in [0.25, 0.3) is 0 Å². The van der Waals surface area contributed by atoms with Gasteiger partial charge < -0.3 is 14.5 Å². The number of halogens is 1. The van der Waals surface area contributed by atoms with Gasteiger partial charge in [-0.05, 0) is 24.3 Å². The number of hydrogen-bond donors (Lipinski definition) is 0. The fraction of sp³-hybridized carbons (Fsp3) is 0.467. The maximum Gasteiger partial charge on any atom is 0.228 e. The largest absolute Gasteiger partial charge is 0.378 e. The van der Waals surface area contributed by atoms with E-state index in [0.717, 1.165) is 10.2 Å². The first-order chi connectivity index (χ1) is 10.1. The van der Waals surface area contributed by atoms with Crippen molar-refractivity contribution in [1.29, 1.82) is 0 Å². The maximum atomic E-state index is 12.5.